The van der Waals surface area contributed by atoms with Crippen molar-refractivity contribution in [2.75, 3.05) is 44.9 Å². The molecular formula is C17H26N2O6. The third kappa shape index (κ3) is 6.98. The van der Waals surface area contributed by atoms with Gasteiger partial charge >= 0.3 is 12.1 Å². The van der Waals surface area contributed by atoms with E-state index in [0.29, 0.717) is 13.1 Å². The molecule has 0 aliphatic rings. The number of aliphatic hydroxyl groups is 2. The normalized spacial score (nSPS) is 11.5. The second-order valence-corrected chi connectivity index (χ2v) is 5.25. The maximum absolute atomic E-state index is 11.8. The average Bonchev–Trinajstić information content (AvgIpc) is 2.61. The van der Waals surface area contributed by atoms with Crippen LogP contribution in [0.3, 0.4) is 0 Å². The van der Waals surface area contributed by atoms with Crippen LogP contribution in [0.5, 0.6) is 0 Å². The summed E-state index contributed by atoms with van der Waals surface area (Å²) in [5.41, 5.74) is 1.67. The molecule has 1 aromatic rings. The first-order chi connectivity index (χ1) is 12.0. The fourth-order valence-electron chi connectivity index (χ4n) is 2.34. The minimum Gasteiger partial charge on any atom is -0.467 e. The number of esters is 1. The highest BCUT2D eigenvalue weighted by Crippen LogP contribution is 2.16. The minimum absolute atomic E-state index is 0.0182. The number of ether oxygens (including phenoxy) is 2. The van der Waals surface area contributed by atoms with Gasteiger partial charge in [-0.1, -0.05) is 12.1 Å². The van der Waals surface area contributed by atoms with Crippen molar-refractivity contribution < 1.29 is 29.3 Å². The van der Waals surface area contributed by atoms with Gasteiger partial charge in [-0.25, -0.2) is 9.59 Å². The van der Waals surface area contributed by atoms with Crippen molar-refractivity contribution in [3.63, 3.8) is 0 Å². The Kier molecular flexibility index (Phi) is 9.34. The van der Waals surface area contributed by atoms with E-state index >= 15 is 0 Å². The number of amides is 1. The highest BCUT2D eigenvalue weighted by molar-refractivity contribution is 5.81. The Morgan fingerprint density at radius 2 is 1.76 bits per heavy atom. The van der Waals surface area contributed by atoms with Crippen LogP contribution >= 0.6 is 0 Å². The molecule has 140 valence electrons. The van der Waals surface area contributed by atoms with E-state index in [9.17, 15) is 9.59 Å². The number of anilines is 1. The van der Waals surface area contributed by atoms with Gasteiger partial charge in [0.2, 0.25) is 0 Å². The van der Waals surface area contributed by atoms with Crippen LogP contribution in [0.2, 0.25) is 0 Å². The third-order valence-corrected chi connectivity index (χ3v) is 3.53. The van der Waals surface area contributed by atoms with Crippen molar-refractivity contribution in [1.29, 1.82) is 0 Å². The lowest BCUT2D eigenvalue weighted by atomic mass is 10.1. The standard InChI is InChI=1S/C17H26N2O6/c1-3-25-17(23)18-15(16(22)24-2)12-13-4-6-14(7-5-13)19(8-10-20)9-11-21/h4-7,15,20-21H,3,8-12H2,1-2H3,(H,18,23)/t15-/m0/s1. The lowest BCUT2D eigenvalue weighted by Gasteiger charge is -2.23. The van der Waals surface area contributed by atoms with E-state index in [1.807, 2.05) is 29.2 Å². The zero-order valence-corrected chi connectivity index (χ0v) is 14.6. The SMILES string of the molecule is CCOC(=O)N[C@@H](Cc1ccc(N(CCO)CCO)cc1)C(=O)OC. The van der Waals surface area contributed by atoms with E-state index in [-0.39, 0.29) is 26.2 Å². The fraction of sp³-hybridized carbons (Fsp3) is 0.529. The van der Waals surface area contributed by atoms with Crippen LogP contribution in [0.25, 0.3) is 0 Å². The monoisotopic (exact) mass is 354 g/mol. The number of hydrogen-bond donors (Lipinski definition) is 3. The van der Waals surface area contributed by atoms with Crippen LogP contribution in [-0.2, 0) is 20.7 Å². The van der Waals surface area contributed by atoms with Gasteiger partial charge in [-0.2, -0.15) is 0 Å². The molecule has 3 N–H and O–H groups in total. The van der Waals surface area contributed by atoms with Crippen molar-refractivity contribution in [2.24, 2.45) is 0 Å². The van der Waals surface area contributed by atoms with Crippen LogP contribution < -0.4 is 10.2 Å². The summed E-state index contributed by atoms with van der Waals surface area (Å²) in [5.74, 6) is -0.556. The smallest absolute Gasteiger partial charge is 0.407 e. The Balaban J connectivity index is 2.80. The summed E-state index contributed by atoms with van der Waals surface area (Å²) < 4.78 is 9.51. The number of hydrogen-bond acceptors (Lipinski definition) is 7. The van der Waals surface area contributed by atoms with Crippen molar-refractivity contribution in [3.8, 4) is 0 Å². The summed E-state index contributed by atoms with van der Waals surface area (Å²) in [4.78, 5) is 25.2. The molecule has 1 rings (SSSR count). The summed E-state index contributed by atoms with van der Waals surface area (Å²) in [6.45, 7) is 2.67. The van der Waals surface area contributed by atoms with Gasteiger partial charge in [0.05, 0.1) is 26.9 Å². The molecule has 8 heteroatoms. The molecule has 0 saturated heterocycles. The van der Waals surface area contributed by atoms with Gasteiger partial charge in [-0.3, -0.25) is 0 Å². The van der Waals surface area contributed by atoms with Crippen LogP contribution in [0.15, 0.2) is 24.3 Å². The molecule has 1 aromatic carbocycles. The Labute approximate surface area is 147 Å². The fourth-order valence-corrected chi connectivity index (χ4v) is 2.34. The molecule has 0 saturated carbocycles. The van der Waals surface area contributed by atoms with E-state index in [0.717, 1.165) is 11.3 Å². The first kappa shape index (κ1) is 20.7. The second-order valence-electron chi connectivity index (χ2n) is 5.25. The van der Waals surface area contributed by atoms with E-state index in [2.05, 4.69) is 5.32 Å². The highest BCUT2D eigenvalue weighted by atomic mass is 16.6. The van der Waals surface area contributed by atoms with Crippen LogP contribution in [-0.4, -0.2) is 68.3 Å². The first-order valence-electron chi connectivity index (χ1n) is 8.12. The maximum atomic E-state index is 11.8. The van der Waals surface area contributed by atoms with E-state index in [1.165, 1.54) is 7.11 Å². The number of alkyl carbamates (subject to hydrolysis) is 1. The van der Waals surface area contributed by atoms with Crippen molar-refractivity contribution in [3.05, 3.63) is 29.8 Å². The molecule has 1 atom stereocenters. The van der Waals surface area contributed by atoms with Gasteiger partial charge in [0.1, 0.15) is 6.04 Å². The second kappa shape index (κ2) is 11.3. The van der Waals surface area contributed by atoms with E-state index in [4.69, 9.17) is 19.7 Å². The summed E-state index contributed by atoms with van der Waals surface area (Å²) in [5, 5.41) is 20.7. The molecule has 0 fully saturated rings. The molecule has 0 heterocycles. The minimum atomic E-state index is -0.846. The number of carbonyl (C=O) groups excluding carboxylic acids is 2. The zero-order chi connectivity index (χ0) is 18.7. The number of rotatable bonds is 10. The lowest BCUT2D eigenvalue weighted by molar-refractivity contribution is -0.142. The number of benzene rings is 1. The summed E-state index contributed by atoms with van der Waals surface area (Å²) in [7, 11) is 1.26. The highest BCUT2D eigenvalue weighted by Gasteiger charge is 2.22. The molecule has 1 amide bonds. The number of nitrogens with zero attached hydrogens (tertiary/aromatic N) is 1. The van der Waals surface area contributed by atoms with Gasteiger partial charge in [0.25, 0.3) is 0 Å². The van der Waals surface area contributed by atoms with Gasteiger partial charge < -0.3 is 29.9 Å². The van der Waals surface area contributed by atoms with Gasteiger partial charge in [0.15, 0.2) is 0 Å². The maximum Gasteiger partial charge on any atom is 0.407 e. The number of carbonyl (C=O) groups is 2. The molecule has 0 spiro atoms. The third-order valence-electron chi connectivity index (χ3n) is 3.53. The van der Waals surface area contributed by atoms with E-state index < -0.39 is 18.1 Å². The number of aliphatic hydroxyl groups excluding tert-OH is 2. The Morgan fingerprint density at radius 3 is 2.24 bits per heavy atom. The lowest BCUT2D eigenvalue weighted by Crippen LogP contribution is -2.43. The molecule has 0 radical (unpaired) electrons. The predicted molar refractivity (Wildman–Crippen MR) is 92.5 cm³/mol. The summed E-state index contributed by atoms with van der Waals surface area (Å²) in [6, 6.07) is 6.46. The molecule has 0 aliphatic heterocycles. The quantitative estimate of drug-likeness (QED) is 0.519. The zero-order valence-electron chi connectivity index (χ0n) is 14.6. The molecular weight excluding hydrogens is 328 g/mol. The first-order valence-corrected chi connectivity index (χ1v) is 8.12. The Hall–Kier alpha value is -2.32. The summed E-state index contributed by atoms with van der Waals surface area (Å²) in [6.07, 6.45) is -0.419. The topological polar surface area (TPSA) is 108 Å². The molecule has 0 aliphatic carbocycles. The van der Waals surface area contributed by atoms with Crippen molar-refractivity contribution in [2.45, 2.75) is 19.4 Å². The van der Waals surface area contributed by atoms with Gasteiger partial charge in [0, 0.05) is 25.2 Å². The van der Waals surface area contributed by atoms with Crippen LogP contribution in [0.4, 0.5) is 10.5 Å². The summed E-state index contributed by atoms with van der Waals surface area (Å²) >= 11 is 0. The largest absolute Gasteiger partial charge is 0.467 e. The van der Waals surface area contributed by atoms with Crippen LogP contribution in [0, 0.1) is 0 Å². The molecule has 25 heavy (non-hydrogen) atoms. The molecule has 8 nitrogen and oxygen atoms in total. The molecule has 0 bridgehead atoms. The number of methoxy groups -OCH3 is 1. The van der Waals surface area contributed by atoms with Crippen molar-refractivity contribution >= 4 is 17.7 Å². The van der Waals surface area contributed by atoms with Gasteiger partial charge in [-0.15, -0.1) is 0 Å². The van der Waals surface area contributed by atoms with Gasteiger partial charge in [-0.05, 0) is 24.6 Å². The predicted octanol–water partition coefficient (Wildman–Crippen LogP) is 0.308. The van der Waals surface area contributed by atoms with Crippen molar-refractivity contribution in [1.82, 2.24) is 5.32 Å². The molecule has 0 aromatic heterocycles. The van der Waals surface area contributed by atoms with E-state index in [1.54, 1.807) is 6.92 Å². The Morgan fingerprint density at radius 1 is 1.16 bits per heavy atom. The average molecular weight is 354 g/mol. The van der Waals surface area contributed by atoms with Crippen LogP contribution in [0.1, 0.15) is 12.5 Å². The molecule has 0 unspecified atom stereocenters. The Bertz CT molecular complexity index is 528. The number of nitrogens with one attached hydrogen (secondary N) is 1.